The number of aryl methyl sites for hydroxylation is 1. The third kappa shape index (κ3) is 1.50. The molecule has 0 bridgehead atoms. The van der Waals surface area contributed by atoms with E-state index in [9.17, 15) is 0 Å². The Morgan fingerprint density at radius 3 is 2.69 bits per heavy atom. The summed E-state index contributed by atoms with van der Waals surface area (Å²) in [5.41, 5.74) is 2.23. The fraction of sp³-hybridized carbons (Fsp3) is 0.100. The number of aromatic nitrogens is 4. The van der Waals surface area contributed by atoms with Crippen LogP contribution in [0.25, 0.3) is 16.3 Å². The Morgan fingerprint density at radius 1 is 1.19 bits per heavy atom. The molecule has 0 fully saturated rings. The van der Waals surface area contributed by atoms with Crippen molar-refractivity contribution in [1.82, 2.24) is 19.8 Å². The van der Waals surface area contributed by atoms with Crippen molar-refractivity contribution in [2.24, 2.45) is 0 Å². The standard InChI is InChI=1S/C10H8N4S2/c1-6-2-4-7(5-3-6)8-11-12-9-14(8)13-10(15)16-9/h2-5H,1H3,(H,13,15). The first-order chi connectivity index (χ1) is 7.74. The highest BCUT2D eigenvalue weighted by Crippen LogP contribution is 2.22. The number of thiol groups is 1. The molecule has 0 spiro atoms. The van der Waals surface area contributed by atoms with Crippen molar-refractivity contribution in [3.8, 4) is 11.4 Å². The average molecular weight is 248 g/mol. The minimum atomic E-state index is 0.693. The van der Waals surface area contributed by atoms with Crippen LogP contribution in [0.3, 0.4) is 0 Å². The van der Waals surface area contributed by atoms with E-state index in [1.807, 2.05) is 24.3 Å². The van der Waals surface area contributed by atoms with Gasteiger partial charge in [0, 0.05) is 5.56 Å². The molecule has 0 aliphatic carbocycles. The highest BCUT2D eigenvalue weighted by molar-refractivity contribution is 7.82. The number of hydrogen-bond donors (Lipinski definition) is 1. The van der Waals surface area contributed by atoms with Gasteiger partial charge in [-0.25, -0.2) is 0 Å². The highest BCUT2D eigenvalue weighted by Gasteiger charge is 2.11. The van der Waals surface area contributed by atoms with E-state index in [4.69, 9.17) is 0 Å². The van der Waals surface area contributed by atoms with Crippen LogP contribution in [0.4, 0.5) is 0 Å². The second kappa shape index (κ2) is 3.57. The normalized spacial score (nSPS) is 11.1. The molecule has 0 N–H and O–H groups in total. The summed E-state index contributed by atoms with van der Waals surface area (Å²) in [6, 6.07) is 8.13. The Labute approximate surface area is 101 Å². The van der Waals surface area contributed by atoms with E-state index in [1.54, 1.807) is 4.52 Å². The predicted molar refractivity (Wildman–Crippen MR) is 66.1 cm³/mol. The third-order valence-electron chi connectivity index (χ3n) is 2.29. The molecule has 2 heterocycles. The number of nitrogens with zero attached hydrogens (tertiary/aromatic N) is 4. The maximum Gasteiger partial charge on any atom is 0.235 e. The Balaban J connectivity index is 2.21. The summed E-state index contributed by atoms with van der Waals surface area (Å²) in [6.45, 7) is 2.05. The van der Waals surface area contributed by atoms with Crippen LogP contribution in [-0.2, 0) is 0 Å². The van der Waals surface area contributed by atoms with Gasteiger partial charge in [-0.05, 0) is 6.92 Å². The highest BCUT2D eigenvalue weighted by atomic mass is 32.2. The SMILES string of the molecule is Cc1ccc(-c2nnc3sc(S)nn23)cc1. The van der Waals surface area contributed by atoms with Crippen molar-refractivity contribution in [2.75, 3.05) is 0 Å². The van der Waals surface area contributed by atoms with E-state index in [2.05, 4.69) is 34.8 Å². The van der Waals surface area contributed by atoms with Gasteiger partial charge in [0.2, 0.25) is 4.96 Å². The summed E-state index contributed by atoms with van der Waals surface area (Å²) >= 11 is 5.62. The molecule has 0 unspecified atom stereocenters. The quantitative estimate of drug-likeness (QED) is 0.673. The minimum Gasteiger partial charge on any atom is -0.182 e. The van der Waals surface area contributed by atoms with E-state index < -0.39 is 0 Å². The molecule has 0 atom stereocenters. The Bertz CT molecular complexity index is 638. The maximum absolute atomic E-state index is 4.25. The van der Waals surface area contributed by atoms with E-state index in [0.29, 0.717) is 4.34 Å². The summed E-state index contributed by atoms with van der Waals surface area (Å²) < 4.78 is 2.41. The van der Waals surface area contributed by atoms with Crippen LogP contribution >= 0.6 is 24.0 Å². The lowest BCUT2D eigenvalue weighted by Crippen LogP contribution is -1.89. The molecule has 0 saturated carbocycles. The zero-order valence-electron chi connectivity index (χ0n) is 8.45. The molecular weight excluding hydrogens is 240 g/mol. The van der Waals surface area contributed by atoms with E-state index in [-0.39, 0.29) is 0 Å². The lowest BCUT2D eigenvalue weighted by molar-refractivity contribution is 0.913. The molecular formula is C10H8N4S2. The first kappa shape index (κ1) is 9.80. The second-order valence-corrected chi connectivity index (χ2v) is 5.15. The van der Waals surface area contributed by atoms with Gasteiger partial charge in [0.25, 0.3) is 0 Å². The summed E-state index contributed by atoms with van der Waals surface area (Å²) in [5.74, 6) is 0.756. The van der Waals surface area contributed by atoms with E-state index in [0.717, 1.165) is 16.3 Å². The van der Waals surface area contributed by atoms with Crippen molar-refractivity contribution in [1.29, 1.82) is 0 Å². The monoisotopic (exact) mass is 248 g/mol. The molecule has 2 aromatic heterocycles. The minimum absolute atomic E-state index is 0.693. The second-order valence-electron chi connectivity index (χ2n) is 3.47. The van der Waals surface area contributed by atoms with Gasteiger partial charge in [0.1, 0.15) is 0 Å². The Morgan fingerprint density at radius 2 is 1.94 bits per heavy atom. The van der Waals surface area contributed by atoms with Gasteiger partial charge < -0.3 is 0 Å². The first-order valence-electron chi connectivity index (χ1n) is 4.72. The van der Waals surface area contributed by atoms with E-state index in [1.165, 1.54) is 16.9 Å². The molecule has 3 rings (SSSR count). The predicted octanol–water partition coefficient (Wildman–Crippen LogP) is 2.45. The summed E-state index contributed by atoms with van der Waals surface area (Å²) in [7, 11) is 0. The van der Waals surface area contributed by atoms with Gasteiger partial charge in [-0.3, -0.25) is 0 Å². The molecule has 0 aliphatic heterocycles. The Kier molecular flexibility index (Phi) is 2.19. The van der Waals surface area contributed by atoms with Crippen LogP contribution < -0.4 is 0 Å². The fourth-order valence-electron chi connectivity index (χ4n) is 1.49. The van der Waals surface area contributed by atoms with Gasteiger partial charge in [0.15, 0.2) is 10.2 Å². The number of fused-ring (bicyclic) bond motifs is 1. The molecule has 1 aromatic carbocycles. The summed E-state index contributed by atoms with van der Waals surface area (Å²) in [6.07, 6.45) is 0. The molecule has 0 radical (unpaired) electrons. The van der Waals surface area contributed by atoms with Crippen LogP contribution in [-0.4, -0.2) is 19.8 Å². The third-order valence-corrected chi connectivity index (χ3v) is 3.35. The summed E-state index contributed by atoms with van der Waals surface area (Å²) in [5, 5.41) is 12.4. The first-order valence-corrected chi connectivity index (χ1v) is 5.98. The molecule has 16 heavy (non-hydrogen) atoms. The number of rotatable bonds is 1. The van der Waals surface area contributed by atoms with Crippen LogP contribution in [0, 0.1) is 6.92 Å². The number of benzene rings is 1. The Hall–Kier alpha value is -1.40. The van der Waals surface area contributed by atoms with Crippen molar-refractivity contribution in [3.05, 3.63) is 29.8 Å². The lowest BCUT2D eigenvalue weighted by Gasteiger charge is -1.97. The largest absolute Gasteiger partial charge is 0.235 e. The molecule has 6 heteroatoms. The molecule has 0 saturated heterocycles. The van der Waals surface area contributed by atoms with Gasteiger partial charge in [-0.2, -0.15) is 4.52 Å². The van der Waals surface area contributed by atoms with Crippen LogP contribution in [0.2, 0.25) is 0 Å². The lowest BCUT2D eigenvalue weighted by atomic mass is 10.1. The van der Waals surface area contributed by atoms with E-state index >= 15 is 0 Å². The topological polar surface area (TPSA) is 43.1 Å². The molecule has 80 valence electrons. The summed E-state index contributed by atoms with van der Waals surface area (Å²) in [4.78, 5) is 0.764. The van der Waals surface area contributed by atoms with Crippen LogP contribution in [0.1, 0.15) is 5.56 Å². The van der Waals surface area contributed by atoms with Gasteiger partial charge >= 0.3 is 0 Å². The van der Waals surface area contributed by atoms with Crippen molar-refractivity contribution < 1.29 is 0 Å². The van der Waals surface area contributed by atoms with Crippen molar-refractivity contribution in [3.63, 3.8) is 0 Å². The fourth-order valence-corrected chi connectivity index (χ4v) is 2.41. The van der Waals surface area contributed by atoms with Gasteiger partial charge in [-0.15, -0.1) is 27.9 Å². The van der Waals surface area contributed by atoms with Gasteiger partial charge in [0.05, 0.1) is 0 Å². The smallest absolute Gasteiger partial charge is 0.182 e. The van der Waals surface area contributed by atoms with Crippen molar-refractivity contribution >= 4 is 28.9 Å². The van der Waals surface area contributed by atoms with Crippen molar-refractivity contribution in [2.45, 2.75) is 11.3 Å². The molecule has 0 amide bonds. The maximum atomic E-state index is 4.25. The number of hydrogen-bond acceptors (Lipinski definition) is 5. The molecule has 4 nitrogen and oxygen atoms in total. The molecule has 3 aromatic rings. The van der Waals surface area contributed by atoms with Crippen LogP contribution in [0.15, 0.2) is 28.6 Å². The average Bonchev–Trinajstić information content (AvgIpc) is 2.78. The zero-order chi connectivity index (χ0) is 11.1. The zero-order valence-corrected chi connectivity index (χ0v) is 10.2. The molecule has 0 aliphatic rings. The van der Waals surface area contributed by atoms with Crippen LogP contribution in [0.5, 0.6) is 0 Å². The van der Waals surface area contributed by atoms with Gasteiger partial charge in [-0.1, -0.05) is 41.2 Å².